The van der Waals surface area contributed by atoms with Crippen LogP contribution in [0.3, 0.4) is 0 Å². The number of urea groups is 1. The van der Waals surface area contributed by atoms with Crippen LogP contribution in [0.25, 0.3) is 10.9 Å². The fraction of sp³-hybridized carbons (Fsp3) is 0.276. The number of amides is 3. The number of anilines is 1. The predicted molar refractivity (Wildman–Crippen MR) is 143 cm³/mol. The summed E-state index contributed by atoms with van der Waals surface area (Å²) < 4.78 is 20.9. The number of halogens is 1. The topological polar surface area (TPSA) is 99.9 Å². The van der Waals surface area contributed by atoms with Crippen molar-refractivity contribution in [3.05, 3.63) is 89.6 Å². The smallest absolute Gasteiger partial charge is 0.322 e. The Hall–Kier alpha value is -4.44. The number of benzene rings is 2. The van der Waals surface area contributed by atoms with Gasteiger partial charge in [0.2, 0.25) is 0 Å². The Bertz CT molecular complexity index is 1560. The second-order valence-electron chi connectivity index (χ2n) is 10.1. The molecule has 0 bridgehead atoms. The summed E-state index contributed by atoms with van der Waals surface area (Å²) in [7, 11) is 3.52. The van der Waals surface area contributed by atoms with E-state index < -0.39 is 23.3 Å². The third-order valence-corrected chi connectivity index (χ3v) is 7.86. The molecule has 9 nitrogen and oxygen atoms in total. The summed E-state index contributed by atoms with van der Waals surface area (Å²) in [5.41, 5.74) is 3.16. The van der Waals surface area contributed by atoms with E-state index >= 15 is 0 Å². The van der Waals surface area contributed by atoms with Gasteiger partial charge < -0.3 is 29.5 Å². The number of aliphatic hydroxyl groups excluding tert-OH is 1. The normalized spacial score (nSPS) is 17.6. The van der Waals surface area contributed by atoms with Crippen molar-refractivity contribution in [3.63, 3.8) is 0 Å². The highest BCUT2D eigenvalue weighted by atomic mass is 19.1. The molecule has 6 rings (SSSR count). The standard InChI is InChI=1S/C29H28FN5O4/c1-33-23-12-21(39-2)9-10-22(23)25-26(33)24(14-36)35(28(38)32-20-7-5-19(30)6-8-20)17-29(25)15-34(16-29)27(37)18-4-3-11-31-13-18/h3-13,24,36H,14-17H2,1-2H3,(H,32,38)/t24-/m1/s1. The molecule has 200 valence electrons. The maximum absolute atomic E-state index is 13.6. The van der Waals surface area contributed by atoms with Crippen LogP contribution >= 0.6 is 0 Å². The third-order valence-electron chi connectivity index (χ3n) is 7.86. The Morgan fingerprint density at radius 2 is 1.92 bits per heavy atom. The minimum absolute atomic E-state index is 0.122. The average Bonchev–Trinajstić information content (AvgIpc) is 3.24. The van der Waals surface area contributed by atoms with Crippen LogP contribution in [0, 0.1) is 5.82 Å². The van der Waals surface area contributed by atoms with Gasteiger partial charge in [0.15, 0.2) is 0 Å². The van der Waals surface area contributed by atoms with Gasteiger partial charge in [-0.3, -0.25) is 9.78 Å². The second-order valence-corrected chi connectivity index (χ2v) is 10.1. The number of methoxy groups -OCH3 is 1. The monoisotopic (exact) mass is 529 g/mol. The van der Waals surface area contributed by atoms with E-state index in [9.17, 15) is 19.1 Å². The van der Waals surface area contributed by atoms with E-state index in [2.05, 4.69) is 10.3 Å². The number of nitrogens with zero attached hydrogens (tertiary/aromatic N) is 4. The van der Waals surface area contributed by atoms with E-state index in [1.165, 1.54) is 24.3 Å². The van der Waals surface area contributed by atoms with Gasteiger partial charge in [0.25, 0.3) is 5.91 Å². The number of hydrogen-bond acceptors (Lipinski definition) is 5. The van der Waals surface area contributed by atoms with Crippen LogP contribution in [0.5, 0.6) is 5.75 Å². The van der Waals surface area contributed by atoms with E-state index in [4.69, 9.17) is 4.74 Å². The van der Waals surface area contributed by atoms with Gasteiger partial charge in [-0.1, -0.05) is 0 Å². The first kappa shape index (κ1) is 24.9. The summed E-state index contributed by atoms with van der Waals surface area (Å²) in [6.07, 6.45) is 3.17. The van der Waals surface area contributed by atoms with Crippen LogP contribution in [0.15, 0.2) is 67.0 Å². The summed E-state index contributed by atoms with van der Waals surface area (Å²) in [6, 6.07) is 13.8. The van der Waals surface area contributed by atoms with Gasteiger partial charge in [-0.15, -0.1) is 0 Å². The fourth-order valence-electron chi connectivity index (χ4n) is 6.06. The number of nitrogens with one attached hydrogen (secondary N) is 1. The largest absolute Gasteiger partial charge is 0.497 e. The number of aliphatic hydroxyl groups is 1. The van der Waals surface area contributed by atoms with E-state index in [1.807, 2.05) is 29.8 Å². The van der Waals surface area contributed by atoms with Crippen LogP contribution in [0.1, 0.15) is 27.7 Å². The highest BCUT2D eigenvalue weighted by Crippen LogP contribution is 2.50. The zero-order valence-electron chi connectivity index (χ0n) is 21.6. The van der Waals surface area contributed by atoms with Gasteiger partial charge in [-0.05, 0) is 54.1 Å². The van der Waals surface area contributed by atoms with Crippen LogP contribution in [-0.2, 0) is 12.5 Å². The maximum atomic E-state index is 13.6. The number of fused-ring (bicyclic) bond motifs is 4. The third kappa shape index (κ3) is 3.99. The van der Waals surface area contributed by atoms with Gasteiger partial charge in [0.1, 0.15) is 11.6 Å². The fourth-order valence-corrected chi connectivity index (χ4v) is 6.06. The second kappa shape index (κ2) is 9.39. The molecule has 0 aliphatic carbocycles. The average molecular weight is 530 g/mol. The molecule has 2 aromatic heterocycles. The molecule has 2 aliphatic rings. The van der Waals surface area contributed by atoms with Crippen molar-refractivity contribution in [2.24, 2.45) is 7.05 Å². The summed E-state index contributed by atoms with van der Waals surface area (Å²) in [5, 5.41) is 14.4. The number of ether oxygens (including phenoxy) is 1. The van der Waals surface area contributed by atoms with Crippen molar-refractivity contribution >= 4 is 28.5 Å². The lowest BCUT2D eigenvalue weighted by molar-refractivity contribution is 0.0130. The van der Waals surface area contributed by atoms with Crippen LogP contribution in [0.4, 0.5) is 14.9 Å². The summed E-state index contributed by atoms with van der Waals surface area (Å²) in [4.78, 5) is 34.3. The quantitative estimate of drug-likeness (QED) is 0.420. The molecule has 0 unspecified atom stereocenters. The lowest BCUT2D eigenvalue weighted by Crippen LogP contribution is -2.68. The first-order valence-electron chi connectivity index (χ1n) is 12.7. The summed E-state index contributed by atoms with van der Waals surface area (Å²) in [5.74, 6) is 0.174. The number of likely N-dealkylation sites (tertiary alicyclic amines) is 1. The lowest BCUT2D eigenvalue weighted by atomic mass is 9.68. The molecule has 10 heteroatoms. The molecule has 3 amide bonds. The van der Waals surface area contributed by atoms with Gasteiger partial charge in [0.05, 0.1) is 36.3 Å². The Kier molecular flexibility index (Phi) is 5.99. The predicted octanol–water partition coefficient (Wildman–Crippen LogP) is 3.70. The lowest BCUT2D eigenvalue weighted by Gasteiger charge is -2.56. The van der Waals surface area contributed by atoms with Crippen molar-refractivity contribution in [3.8, 4) is 5.75 Å². The van der Waals surface area contributed by atoms with Crippen molar-refractivity contribution in [2.45, 2.75) is 11.5 Å². The number of aryl methyl sites for hydroxylation is 1. The first-order valence-corrected chi connectivity index (χ1v) is 12.7. The van der Waals surface area contributed by atoms with E-state index in [1.54, 1.807) is 41.4 Å². The highest BCUT2D eigenvalue weighted by molar-refractivity contribution is 5.96. The summed E-state index contributed by atoms with van der Waals surface area (Å²) in [6.45, 7) is 0.800. The van der Waals surface area contributed by atoms with Crippen molar-refractivity contribution in [1.29, 1.82) is 0 Å². The molecule has 1 spiro atoms. The van der Waals surface area contributed by atoms with Crippen molar-refractivity contribution < 1.29 is 23.8 Å². The molecule has 0 saturated carbocycles. The zero-order chi connectivity index (χ0) is 27.3. The summed E-state index contributed by atoms with van der Waals surface area (Å²) >= 11 is 0. The number of rotatable bonds is 4. The van der Waals surface area contributed by atoms with E-state index in [0.29, 0.717) is 36.6 Å². The van der Waals surface area contributed by atoms with Gasteiger partial charge in [0, 0.05) is 61.9 Å². The van der Waals surface area contributed by atoms with Gasteiger partial charge in [-0.2, -0.15) is 0 Å². The number of aromatic nitrogens is 2. The van der Waals surface area contributed by atoms with Crippen LogP contribution in [0.2, 0.25) is 0 Å². The Labute approximate surface area is 224 Å². The molecule has 0 radical (unpaired) electrons. The van der Waals surface area contributed by atoms with Crippen LogP contribution < -0.4 is 10.1 Å². The molecule has 4 heterocycles. The minimum atomic E-state index is -0.627. The number of pyridine rings is 1. The zero-order valence-corrected chi connectivity index (χ0v) is 21.6. The van der Waals surface area contributed by atoms with E-state index in [0.717, 1.165) is 22.2 Å². The first-order chi connectivity index (χ1) is 18.8. The van der Waals surface area contributed by atoms with E-state index in [-0.39, 0.29) is 12.5 Å². The molecule has 1 saturated heterocycles. The molecule has 2 aromatic carbocycles. The molecule has 2 N–H and O–H groups in total. The maximum Gasteiger partial charge on any atom is 0.322 e. The molecule has 4 aromatic rings. The molecule has 1 atom stereocenters. The Morgan fingerprint density at radius 3 is 2.59 bits per heavy atom. The molecular weight excluding hydrogens is 501 g/mol. The van der Waals surface area contributed by atoms with Crippen molar-refractivity contribution in [1.82, 2.24) is 19.4 Å². The molecular formula is C29H28FN5O4. The SMILES string of the molecule is COc1ccc2c3c(n(C)c2c1)[C@@H](CO)N(C(=O)Nc1ccc(F)cc1)CC31CN(C(=O)c2cccnc2)C1. The highest BCUT2D eigenvalue weighted by Gasteiger charge is 2.55. The number of carbonyl (C=O) groups excluding carboxylic acids is 2. The van der Waals surface area contributed by atoms with Gasteiger partial charge >= 0.3 is 6.03 Å². The number of carbonyl (C=O) groups is 2. The molecule has 39 heavy (non-hydrogen) atoms. The Balaban J connectivity index is 1.42. The van der Waals surface area contributed by atoms with Crippen molar-refractivity contribution in [2.75, 3.05) is 38.7 Å². The number of hydrogen-bond donors (Lipinski definition) is 2. The Morgan fingerprint density at radius 1 is 1.15 bits per heavy atom. The minimum Gasteiger partial charge on any atom is -0.497 e. The molecule has 2 aliphatic heterocycles. The van der Waals surface area contributed by atoms with Crippen LogP contribution in [-0.4, -0.2) is 69.7 Å². The molecule has 1 fully saturated rings. The van der Waals surface area contributed by atoms with Gasteiger partial charge in [-0.25, -0.2) is 9.18 Å².